The average Bonchev–Trinajstić information content (AvgIpc) is 3.16. The number of benzene rings is 2. The van der Waals surface area contributed by atoms with Crippen molar-refractivity contribution in [3.8, 4) is 0 Å². The van der Waals surface area contributed by atoms with E-state index in [-0.39, 0.29) is 24.0 Å². The molecular formula is C18H17NO3. The molecular weight excluding hydrogens is 278 g/mol. The lowest BCUT2D eigenvalue weighted by Crippen LogP contribution is -2.39. The first-order valence-electron chi connectivity index (χ1n) is 7.56. The van der Waals surface area contributed by atoms with Crippen LogP contribution in [-0.2, 0) is 9.57 Å². The molecule has 4 nitrogen and oxygen atoms in total. The predicted octanol–water partition coefficient (Wildman–Crippen LogP) is 3.05. The number of hydroxylamine groups is 1. The van der Waals surface area contributed by atoms with E-state index in [2.05, 4.69) is 0 Å². The molecule has 3 unspecified atom stereocenters. The molecule has 4 rings (SSSR count). The first kappa shape index (κ1) is 13.5. The number of hydrogen-bond acceptors (Lipinski definition) is 4. The van der Waals surface area contributed by atoms with Gasteiger partial charge in [0.15, 0.2) is 12.1 Å². The van der Waals surface area contributed by atoms with Gasteiger partial charge in [0.25, 0.3) is 0 Å². The van der Waals surface area contributed by atoms with Crippen LogP contribution in [0.4, 0.5) is 5.69 Å². The zero-order chi connectivity index (χ0) is 14.9. The maximum atomic E-state index is 13.0. The van der Waals surface area contributed by atoms with E-state index in [0.29, 0.717) is 12.2 Å². The van der Waals surface area contributed by atoms with Gasteiger partial charge in [0.1, 0.15) is 6.04 Å². The smallest absolute Gasteiger partial charge is 0.189 e. The molecule has 2 fully saturated rings. The van der Waals surface area contributed by atoms with Crippen molar-refractivity contribution in [3.05, 3.63) is 66.2 Å². The summed E-state index contributed by atoms with van der Waals surface area (Å²) in [6.07, 6.45) is 0.523. The van der Waals surface area contributed by atoms with Gasteiger partial charge in [-0.2, -0.15) is 0 Å². The highest BCUT2D eigenvalue weighted by molar-refractivity contribution is 6.02. The van der Waals surface area contributed by atoms with Gasteiger partial charge in [-0.05, 0) is 18.6 Å². The van der Waals surface area contributed by atoms with Crippen LogP contribution in [-0.4, -0.2) is 24.7 Å². The van der Waals surface area contributed by atoms with Crippen LogP contribution in [0, 0.1) is 5.92 Å². The molecule has 2 saturated heterocycles. The first-order valence-corrected chi connectivity index (χ1v) is 7.56. The second kappa shape index (κ2) is 5.55. The van der Waals surface area contributed by atoms with Crippen LogP contribution in [0.25, 0.3) is 0 Å². The molecule has 2 heterocycles. The molecule has 3 atom stereocenters. The molecule has 2 aliphatic heterocycles. The number of carbonyl (C=O) groups excluding carboxylic acids is 1. The summed E-state index contributed by atoms with van der Waals surface area (Å²) < 4.78 is 5.63. The molecule has 0 amide bonds. The maximum Gasteiger partial charge on any atom is 0.189 e. The number of carbonyl (C=O) groups is 1. The number of anilines is 1. The van der Waals surface area contributed by atoms with Gasteiger partial charge in [-0.25, -0.2) is 9.90 Å². The summed E-state index contributed by atoms with van der Waals surface area (Å²) in [7, 11) is 0. The van der Waals surface area contributed by atoms with Crippen LogP contribution in [0.15, 0.2) is 60.7 Å². The van der Waals surface area contributed by atoms with Crippen LogP contribution in [0.3, 0.4) is 0 Å². The van der Waals surface area contributed by atoms with Crippen LogP contribution >= 0.6 is 0 Å². The molecule has 2 aromatic rings. The van der Waals surface area contributed by atoms with E-state index in [1.54, 1.807) is 5.06 Å². The van der Waals surface area contributed by atoms with Gasteiger partial charge in [-0.15, -0.1) is 0 Å². The van der Waals surface area contributed by atoms with Gasteiger partial charge in [0.2, 0.25) is 0 Å². The molecule has 0 aliphatic carbocycles. The van der Waals surface area contributed by atoms with E-state index >= 15 is 0 Å². The molecule has 4 heteroatoms. The fourth-order valence-electron chi connectivity index (χ4n) is 3.22. The number of hydrogen-bond donors (Lipinski definition) is 0. The number of ether oxygens (including phenoxy) is 1. The van der Waals surface area contributed by atoms with Crippen LogP contribution < -0.4 is 5.06 Å². The van der Waals surface area contributed by atoms with Crippen molar-refractivity contribution in [3.63, 3.8) is 0 Å². The van der Waals surface area contributed by atoms with Gasteiger partial charge >= 0.3 is 0 Å². The van der Waals surface area contributed by atoms with Crippen molar-refractivity contribution in [2.75, 3.05) is 11.7 Å². The molecule has 0 N–H and O–H groups in total. The minimum absolute atomic E-state index is 0.0768. The number of ketones is 1. The largest absolute Gasteiger partial charge is 0.350 e. The summed E-state index contributed by atoms with van der Waals surface area (Å²) in [5.74, 6) is 0.162. The number of para-hydroxylation sites is 1. The van der Waals surface area contributed by atoms with Crippen molar-refractivity contribution in [1.82, 2.24) is 0 Å². The van der Waals surface area contributed by atoms with Crippen molar-refractivity contribution >= 4 is 11.5 Å². The molecule has 0 spiro atoms. The van der Waals surface area contributed by atoms with Gasteiger partial charge in [0, 0.05) is 11.5 Å². The normalized spacial score (nSPS) is 26.9. The van der Waals surface area contributed by atoms with Crippen molar-refractivity contribution in [2.24, 2.45) is 5.92 Å². The third-order valence-corrected chi connectivity index (χ3v) is 4.30. The fourth-order valence-corrected chi connectivity index (χ4v) is 3.22. The van der Waals surface area contributed by atoms with Crippen LogP contribution in [0.2, 0.25) is 0 Å². The van der Waals surface area contributed by atoms with Crippen molar-refractivity contribution in [1.29, 1.82) is 0 Å². The monoisotopic (exact) mass is 295 g/mol. The molecule has 2 aromatic carbocycles. The summed E-state index contributed by atoms with van der Waals surface area (Å²) in [5.41, 5.74) is 1.60. The Morgan fingerprint density at radius 3 is 2.41 bits per heavy atom. The lowest BCUT2D eigenvalue weighted by atomic mass is 9.91. The summed E-state index contributed by atoms with van der Waals surface area (Å²) in [6, 6.07) is 18.8. The van der Waals surface area contributed by atoms with Gasteiger partial charge in [0.05, 0.1) is 12.3 Å². The third-order valence-electron chi connectivity index (χ3n) is 4.30. The van der Waals surface area contributed by atoms with Gasteiger partial charge < -0.3 is 4.74 Å². The first-order chi connectivity index (χ1) is 10.8. The predicted molar refractivity (Wildman–Crippen MR) is 82.4 cm³/mol. The quantitative estimate of drug-likeness (QED) is 0.816. The van der Waals surface area contributed by atoms with E-state index in [1.165, 1.54) is 0 Å². The van der Waals surface area contributed by atoms with E-state index < -0.39 is 0 Å². The van der Waals surface area contributed by atoms with Gasteiger partial charge in [-0.1, -0.05) is 48.5 Å². The summed E-state index contributed by atoms with van der Waals surface area (Å²) in [4.78, 5) is 18.9. The second-order valence-electron chi connectivity index (χ2n) is 5.63. The minimum Gasteiger partial charge on any atom is -0.350 e. The number of fused-ring (bicyclic) bond motifs is 1. The summed E-state index contributed by atoms with van der Waals surface area (Å²) in [5, 5.41) is 1.73. The zero-order valence-corrected chi connectivity index (χ0v) is 12.1. The number of Topliss-reactive ketones (excluding diaryl/α,β-unsaturated/α-hetero) is 1. The summed E-state index contributed by atoms with van der Waals surface area (Å²) >= 11 is 0. The standard InChI is InChI=1S/C18H17NO3/c20-17(13-7-3-1-4-8-13)16-15-11-12-21-18(15)22-19(16)14-9-5-2-6-10-14/h1-10,15-16,18H,11-12H2. The van der Waals surface area contributed by atoms with Crippen LogP contribution in [0.1, 0.15) is 16.8 Å². The second-order valence-corrected chi connectivity index (χ2v) is 5.63. The Morgan fingerprint density at radius 1 is 1.00 bits per heavy atom. The van der Waals surface area contributed by atoms with Crippen molar-refractivity contribution in [2.45, 2.75) is 18.8 Å². The molecule has 0 aromatic heterocycles. The minimum atomic E-state index is -0.336. The molecule has 112 valence electrons. The lowest BCUT2D eigenvalue weighted by Gasteiger charge is -2.25. The topological polar surface area (TPSA) is 38.8 Å². The van der Waals surface area contributed by atoms with Crippen molar-refractivity contribution < 1.29 is 14.4 Å². The molecule has 0 bridgehead atoms. The number of rotatable bonds is 3. The van der Waals surface area contributed by atoms with E-state index in [1.807, 2.05) is 60.7 Å². The Bertz CT molecular complexity index is 659. The average molecular weight is 295 g/mol. The van der Waals surface area contributed by atoms with E-state index in [9.17, 15) is 4.79 Å². The van der Waals surface area contributed by atoms with E-state index in [0.717, 1.165) is 12.1 Å². The Hall–Kier alpha value is -2.17. The molecule has 0 saturated carbocycles. The Morgan fingerprint density at radius 2 is 1.68 bits per heavy atom. The zero-order valence-electron chi connectivity index (χ0n) is 12.1. The highest BCUT2D eigenvalue weighted by atomic mass is 16.8. The molecule has 0 radical (unpaired) electrons. The van der Waals surface area contributed by atoms with Crippen LogP contribution in [0.5, 0.6) is 0 Å². The SMILES string of the molecule is O=C(c1ccccc1)C1C2CCOC2ON1c1ccccc1. The van der Waals surface area contributed by atoms with E-state index in [4.69, 9.17) is 9.57 Å². The highest BCUT2D eigenvalue weighted by Crippen LogP contribution is 2.39. The Balaban J connectivity index is 1.71. The third kappa shape index (κ3) is 2.21. The Labute approximate surface area is 129 Å². The number of nitrogens with zero attached hydrogens (tertiary/aromatic N) is 1. The lowest BCUT2D eigenvalue weighted by molar-refractivity contribution is -0.0999. The van der Waals surface area contributed by atoms with Gasteiger partial charge in [-0.3, -0.25) is 4.79 Å². The fraction of sp³-hybridized carbons (Fsp3) is 0.278. The summed E-state index contributed by atoms with van der Waals surface area (Å²) in [6.45, 7) is 0.649. The molecule has 22 heavy (non-hydrogen) atoms. The maximum absolute atomic E-state index is 13.0. The molecule has 2 aliphatic rings. The Kier molecular flexibility index (Phi) is 3.41. The highest BCUT2D eigenvalue weighted by Gasteiger charge is 2.50.